The van der Waals surface area contributed by atoms with E-state index in [0.717, 1.165) is 18.4 Å². The number of aliphatic hydroxyl groups is 2. The average molecular weight is 475 g/mol. The molecule has 0 amide bonds. The number of aliphatic carboxylic acids is 1. The van der Waals surface area contributed by atoms with E-state index in [1.165, 1.54) is 6.92 Å². The van der Waals surface area contributed by atoms with Crippen LogP contribution in [0.3, 0.4) is 0 Å². The first-order valence-corrected chi connectivity index (χ1v) is 12.1. The molecule has 0 radical (unpaired) electrons. The molecule has 4 rings (SSSR count). The lowest BCUT2D eigenvalue weighted by molar-refractivity contribution is -0.181. The SMILES string of the molecule is CC(CC(=O)O)C(=O)OCC(=O)[C@@]1(O)CC[C@H]2[C@@H]3CCC4=CC(=O)C=C[C@]4(C)[C@H]3C(O)C[C@@]21C. The van der Waals surface area contributed by atoms with Gasteiger partial charge in [0.05, 0.1) is 18.4 Å². The number of hydrogen-bond donors (Lipinski definition) is 3. The van der Waals surface area contributed by atoms with Crippen LogP contribution in [0.5, 0.6) is 0 Å². The Balaban J connectivity index is 1.53. The number of hydrogen-bond acceptors (Lipinski definition) is 7. The van der Waals surface area contributed by atoms with Crippen molar-refractivity contribution in [2.45, 2.75) is 71.0 Å². The molecule has 3 N–H and O–H groups in total. The lowest BCUT2D eigenvalue weighted by atomic mass is 9.46. The average Bonchev–Trinajstić information content (AvgIpc) is 3.02. The normalized spacial score (nSPS) is 41.6. The summed E-state index contributed by atoms with van der Waals surface area (Å²) in [5.41, 5.74) is -2.02. The van der Waals surface area contributed by atoms with Gasteiger partial charge < -0.3 is 20.1 Å². The van der Waals surface area contributed by atoms with Gasteiger partial charge in [-0.1, -0.05) is 32.4 Å². The molecule has 2 unspecified atom stereocenters. The fourth-order valence-corrected chi connectivity index (χ4v) is 7.53. The number of rotatable bonds is 6. The Bertz CT molecular complexity index is 981. The third-order valence-corrected chi connectivity index (χ3v) is 9.34. The summed E-state index contributed by atoms with van der Waals surface area (Å²) in [7, 11) is 0. The molecule has 0 spiro atoms. The van der Waals surface area contributed by atoms with Crippen LogP contribution < -0.4 is 0 Å². The van der Waals surface area contributed by atoms with Crippen molar-refractivity contribution in [3.8, 4) is 0 Å². The lowest BCUT2D eigenvalue weighted by Crippen LogP contribution is -2.61. The third kappa shape index (κ3) is 3.66. The highest BCUT2D eigenvalue weighted by atomic mass is 16.5. The van der Waals surface area contributed by atoms with Gasteiger partial charge >= 0.3 is 11.9 Å². The van der Waals surface area contributed by atoms with Crippen LogP contribution in [0.2, 0.25) is 0 Å². The molecule has 3 saturated carbocycles. The minimum atomic E-state index is -1.74. The predicted molar refractivity (Wildman–Crippen MR) is 120 cm³/mol. The van der Waals surface area contributed by atoms with Crippen molar-refractivity contribution in [2.75, 3.05) is 6.61 Å². The van der Waals surface area contributed by atoms with E-state index in [-0.39, 0.29) is 36.4 Å². The Morgan fingerprint density at radius 3 is 2.62 bits per heavy atom. The van der Waals surface area contributed by atoms with Gasteiger partial charge in [0.25, 0.3) is 0 Å². The molecule has 0 saturated heterocycles. The molecular weight excluding hydrogens is 440 g/mol. The number of carbonyl (C=O) groups excluding carboxylic acids is 3. The maximum atomic E-state index is 13.2. The molecule has 8 heteroatoms. The number of carbonyl (C=O) groups is 4. The van der Waals surface area contributed by atoms with E-state index in [4.69, 9.17) is 9.84 Å². The van der Waals surface area contributed by atoms with Crippen molar-refractivity contribution in [3.05, 3.63) is 23.8 Å². The lowest BCUT2D eigenvalue weighted by Gasteiger charge is -2.59. The summed E-state index contributed by atoms with van der Waals surface area (Å²) in [6, 6.07) is 0. The molecule has 0 aromatic rings. The topological polar surface area (TPSA) is 138 Å². The molecule has 8 nitrogen and oxygen atoms in total. The molecule has 3 fully saturated rings. The first-order chi connectivity index (χ1) is 15.8. The summed E-state index contributed by atoms with van der Waals surface area (Å²) in [6.07, 6.45) is 6.58. The van der Waals surface area contributed by atoms with E-state index in [1.54, 1.807) is 12.2 Å². The van der Waals surface area contributed by atoms with Crippen LogP contribution in [0, 0.1) is 34.5 Å². The number of allylic oxidation sites excluding steroid dienone is 4. The zero-order valence-corrected chi connectivity index (χ0v) is 20.0. The summed E-state index contributed by atoms with van der Waals surface area (Å²) >= 11 is 0. The summed E-state index contributed by atoms with van der Waals surface area (Å²) in [5, 5.41) is 31.8. The number of fused-ring (bicyclic) bond motifs is 5. The Morgan fingerprint density at radius 2 is 1.94 bits per heavy atom. The Morgan fingerprint density at radius 1 is 1.24 bits per heavy atom. The maximum Gasteiger partial charge on any atom is 0.309 e. The number of esters is 1. The Kier molecular flexibility index (Phi) is 6.13. The number of ether oxygens (including phenoxy) is 1. The predicted octanol–water partition coefficient (Wildman–Crippen LogP) is 2.22. The molecular formula is C26H34O8. The zero-order valence-electron chi connectivity index (χ0n) is 20.0. The van der Waals surface area contributed by atoms with Gasteiger partial charge in [-0.2, -0.15) is 0 Å². The first kappa shape index (κ1) is 24.8. The van der Waals surface area contributed by atoms with Gasteiger partial charge in [-0.3, -0.25) is 19.2 Å². The maximum absolute atomic E-state index is 13.2. The highest BCUT2D eigenvalue weighted by molar-refractivity contribution is 6.01. The van der Waals surface area contributed by atoms with E-state index < -0.39 is 59.2 Å². The molecule has 4 aliphatic rings. The van der Waals surface area contributed by atoms with E-state index in [2.05, 4.69) is 6.92 Å². The van der Waals surface area contributed by atoms with Crippen molar-refractivity contribution in [2.24, 2.45) is 34.5 Å². The van der Waals surface area contributed by atoms with Gasteiger partial charge in [0.1, 0.15) is 5.60 Å². The number of carboxylic acid groups (broad SMARTS) is 1. The molecule has 186 valence electrons. The van der Waals surface area contributed by atoms with Crippen molar-refractivity contribution in [3.63, 3.8) is 0 Å². The van der Waals surface area contributed by atoms with Crippen molar-refractivity contribution < 1.29 is 39.2 Å². The van der Waals surface area contributed by atoms with Gasteiger partial charge in [0.15, 0.2) is 12.4 Å². The summed E-state index contributed by atoms with van der Waals surface area (Å²) in [4.78, 5) is 48.0. The molecule has 4 aliphatic carbocycles. The summed E-state index contributed by atoms with van der Waals surface area (Å²) in [6.45, 7) is 4.71. The van der Waals surface area contributed by atoms with Crippen LogP contribution in [0.25, 0.3) is 0 Å². The molecule has 0 heterocycles. The third-order valence-electron chi connectivity index (χ3n) is 9.34. The van der Waals surface area contributed by atoms with Crippen molar-refractivity contribution in [1.29, 1.82) is 0 Å². The van der Waals surface area contributed by atoms with Crippen molar-refractivity contribution >= 4 is 23.5 Å². The van der Waals surface area contributed by atoms with Crippen LogP contribution in [0.15, 0.2) is 23.8 Å². The molecule has 0 aliphatic heterocycles. The number of aliphatic hydroxyl groups excluding tert-OH is 1. The molecule has 8 atom stereocenters. The number of carboxylic acids is 1. The Hall–Kier alpha value is -2.32. The van der Waals surface area contributed by atoms with Crippen LogP contribution >= 0.6 is 0 Å². The van der Waals surface area contributed by atoms with E-state index in [0.29, 0.717) is 6.42 Å². The largest absolute Gasteiger partial charge is 0.481 e. The second-order valence-corrected chi connectivity index (χ2v) is 11.1. The van der Waals surface area contributed by atoms with Crippen LogP contribution in [-0.4, -0.2) is 57.1 Å². The second-order valence-electron chi connectivity index (χ2n) is 11.1. The van der Waals surface area contributed by atoms with Crippen LogP contribution in [0.4, 0.5) is 0 Å². The minimum absolute atomic E-state index is 0.000823. The Labute approximate surface area is 199 Å². The zero-order chi connectivity index (χ0) is 25.1. The van der Waals surface area contributed by atoms with Crippen molar-refractivity contribution in [1.82, 2.24) is 0 Å². The van der Waals surface area contributed by atoms with Gasteiger partial charge in [0, 0.05) is 16.7 Å². The minimum Gasteiger partial charge on any atom is -0.481 e. The fourth-order valence-electron chi connectivity index (χ4n) is 7.53. The van der Waals surface area contributed by atoms with E-state index in [9.17, 15) is 29.4 Å². The molecule has 0 bridgehead atoms. The van der Waals surface area contributed by atoms with Gasteiger partial charge in [-0.25, -0.2) is 0 Å². The fraction of sp³-hybridized carbons (Fsp3) is 0.692. The quantitative estimate of drug-likeness (QED) is 0.498. The van der Waals surface area contributed by atoms with Crippen LogP contribution in [-0.2, 0) is 23.9 Å². The van der Waals surface area contributed by atoms with Crippen LogP contribution in [0.1, 0.15) is 59.3 Å². The van der Waals surface area contributed by atoms with E-state index >= 15 is 0 Å². The van der Waals surface area contributed by atoms with Gasteiger partial charge in [-0.15, -0.1) is 0 Å². The second kappa shape index (κ2) is 8.41. The molecule has 0 aromatic heterocycles. The van der Waals surface area contributed by atoms with Gasteiger partial charge in [0.2, 0.25) is 5.78 Å². The summed E-state index contributed by atoms with van der Waals surface area (Å²) < 4.78 is 5.08. The van der Waals surface area contributed by atoms with Gasteiger partial charge in [-0.05, 0) is 56.1 Å². The number of ketones is 2. The monoisotopic (exact) mass is 474 g/mol. The number of Topliss-reactive ketones (excluding diaryl/α,β-unsaturated/α-hetero) is 1. The first-order valence-electron chi connectivity index (χ1n) is 12.1. The molecule has 34 heavy (non-hydrogen) atoms. The molecule has 0 aromatic carbocycles. The highest BCUT2D eigenvalue weighted by Crippen LogP contribution is 2.67. The van der Waals surface area contributed by atoms with E-state index in [1.807, 2.05) is 13.0 Å². The smallest absolute Gasteiger partial charge is 0.309 e. The summed E-state index contributed by atoms with van der Waals surface area (Å²) in [5.74, 6) is -3.50. The highest BCUT2D eigenvalue weighted by Gasteiger charge is 2.68. The standard InChI is InChI=1S/C26H34O8/c1-14(10-21(30)31)23(32)34-13-20(29)26(33)9-7-18-17-5-4-15-11-16(27)6-8-24(15,2)22(17)19(28)12-25(18,26)3/h6,8,11,14,17-19,22,28,33H,4-5,7,9-10,12-13H2,1-3H3,(H,30,31)/t14?,17-,18-,19?,22+,24-,25-,26-/m0/s1.